The smallest absolute Gasteiger partial charge is 0.465 e. The summed E-state index contributed by atoms with van der Waals surface area (Å²) in [5.41, 5.74) is 0. The molecule has 2 unspecified atom stereocenters. The minimum absolute atomic E-state index is 0.692. The fourth-order valence-corrected chi connectivity index (χ4v) is 1.39. The fourth-order valence-electron chi connectivity index (χ4n) is 1.39. The van der Waals surface area contributed by atoms with Gasteiger partial charge < -0.3 is 49.0 Å². The van der Waals surface area contributed by atoms with Crippen molar-refractivity contribution in [2.75, 3.05) is 0 Å². The van der Waals surface area contributed by atoms with Crippen LogP contribution >= 0.6 is 15.6 Å². The number of phosphoric acid groups is 2. The van der Waals surface area contributed by atoms with Gasteiger partial charge in [0.2, 0.25) is 0 Å². The molecule has 0 radical (unpaired) electrons. The van der Waals surface area contributed by atoms with E-state index in [1.54, 1.807) is 38.1 Å². The van der Waals surface area contributed by atoms with Crippen molar-refractivity contribution < 1.29 is 58.2 Å². The van der Waals surface area contributed by atoms with E-state index in [4.69, 9.17) is 58.2 Å². The second kappa shape index (κ2) is 15.9. The quantitative estimate of drug-likeness (QED) is 0.231. The maximum absolute atomic E-state index is 8.88. The highest BCUT2D eigenvalue weighted by Crippen LogP contribution is 2.26. The Hall–Kier alpha value is -1.82. The van der Waals surface area contributed by atoms with E-state index in [2.05, 4.69) is 0 Å². The minimum Gasteiger partial charge on any atom is -0.465 e. The van der Waals surface area contributed by atoms with Gasteiger partial charge in [0, 0.05) is 0 Å². The van der Waals surface area contributed by atoms with Gasteiger partial charge in [-0.05, 0) is 38.1 Å². The molecular formula is C16H26O12P2. The summed E-state index contributed by atoms with van der Waals surface area (Å²) in [5.74, 6) is 1.38. The van der Waals surface area contributed by atoms with Crippen LogP contribution in [-0.2, 0) is 9.13 Å². The molecule has 2 aromatic rings. The Bertz CT molecular complexity index is 661. The van der Waals surface area contributed by atoms with Crippen molar-refractivity contribution >= 4 is 15.6 Å². The van der Waals surface area contributed by atoms with Crippen LogP contribution in [0.3, 0.4) is 0 Å². The molecule has 0 amide bonds. The summed E-state index contributed by atoms with van der Waals surface area (Å²) in [5, 5.41) is 17.6. The van der Waals surface area contributed by atoms with Crippen molar-refractivity contribution in [2.24, 2.45) is 0 Å². The van der Waals surface area contributed by atoms with Gasteiger partial charge in [0.15, 0.2) is 12.6 Å². The first kappa shape index (κ1) is 30.4. The topological polar surface area (TPSA) is 214 Å². The summed E-state index contributed by atoms with van der Waals surface area (Å²) in [4.78, 5) is 43.1. The molecule has 0 aromatic heterocycles. The predicted molar refractivity (Wildman–Crippen MR) is 106 cm³/mol. The van der Waals surface area contributed by atoms with E-state index in [0.717, 1.165) is 0 Å². The SMILES string of the molecule is CC(O)Oc1ccccc1.CC(O)Oc1ccccc1.O=P(O)(O)O.O=P(O)(O)O. The largest absolute Gasteiger partial charge is 0.466 e. The van der Waals surface area contributed by atoms with Gasteiger partial charge in [-0.1, -0.05) is 36.4 Å². The standard InChI is InChI=1S/2C8H10O2.2H3O4P/c2*1-7(9)10-8-5-3-2-4-6-8;2*1-5(2,3)4/h2*2-7,9H,1H3;2*(H3,1,2,3,4). The van der Waals surface area contributed by atoms with E-state index >= 15 is 0 Å². The lowest BCUT2D eigenvalue weighted by molar-refractivity contribution is -0.000878. The van der Waals surface area contributed by atoms with E-state index in [0.29, 0.717) is 11.5 Å². The first-order valence-electron chi connectivity index (χ1n) is 7.94. The summed E-state index contributed by atoms with van der Waals surface area (Å²) >= 11 is 0. The van der Waals surface area contributed by atoms with Gasteiger partial charge in [-0.2, -0.15) is 0 Å². The Morgan fingerprint density at radius 3 is 0.967 bits per heavy atom. The molecule has 0 spiro atoms. The lowest BCUT2D eigenvalue weighted by Crippen LogP contribution is -2.09. The molecule has 0 saturated heterocycles. The van der Waals surface area contributed by atoms with E-state index in [9.17, 15) is 0 Å². The summed E-state index contributed by atoms with van der Waals surface area (Å²) in [6, 6.07) is 18.4. The molecule has 2 aromatic carbocycles. The van der Waals surface area contributed by atoms with Crippen molar-refractivity contribution in [3.8, 4) is 11.5 Å². The third-order valence-electron chi connectivity index (χ3n) is 2.10. The first-order chi connectivity index (χ1) is 13.6. The van der Waals surface area contributed by atoms with Crippen molar-refractivity contribution in [1.29, 1.82) is 0 Å². The molecule has 0 fully saturated rings. The Kier molecular flexibility index (Phi) is 16.1. The van der Waals surface area contributed by atoms with Crippen molar-refractivity contribution in [1.82, 2.24) is 0 Å². The van der Waals surface area contributed by atoms with Gasteiger partial charge in [-0.25, -0.2) is 9.13 Å². The molecule has 0 aliphatic heterocycles. The first-order valence-corrected chi connectivity index (χ1v) is 11.1. The maximum atomic E-state index is 8.88. The minimum atomic E-state index is -4.64. The molecule has 8 N–H and O–H groups in total. The van der Waals surface area contributed by atoms with Crippen LogP contribution in [0.4, 0.5) is 0 Å². The maximum Gasteiger partial charge on any atom is 0.466 e. The van der Waals surface area contributed by atoms with Gasteiger partial charge in [0.25, 0.3) is 0 Å². The average molecular weight is 472 g/mol. The second-order valence-electron chi connectivity index (χ2n) is 5.09. The normalized spacial score (nSPS) is 12.3. The van der Waals surface area contributed by atoms with Gasteiger partial charge in [0.1, 0.15) is 11.5 Å². The molecule has 0 heterocycles. The monoisotopic (exact) mass is 472 g/mol. The number of hydrogen-bond acceptors (Lipinski definition) is 6. The molecule has 0 saturated carbocycles. The molecule has 14 heteroatoms. The summed E-state index contributed by atoms with van der Waals surface area (Å²) in [7, 11) is -9.28. The van der Waals surface area contributed by atoms with Crippen LogP contribution in [0.1, 0.15) is 13.8 Å². The highest BCUT2D eigenvalue weighted by Gasteiger charge is 2.00. The fraction of sp³-hybridized carbons (Fsp3) is 0.250. The van der Waals surface area contributed by atoms with Crippen molar-refractivity contribution in [3.05, 3.63) is 60.7 Å². The molecule has 30 heavy (non-hydrogen) atoms. The second-order valence-corrected chi connectivity index (χ2v) is 7.14. The summed E-state index contributed by atoms with van der Waals surface area (Å²) in [6.45, 7) is 3.15. The Labute approximate surface area is 173 Å². The Balaban J connectivity index is 0. The van der Waals surface area contributed by atoms with Crippen LogP contribution in [0.25, 0.3) is 0 Å². The van der Waals surface area contributed by atoms with Crippen LogP contribution in [0.2, 0.25) is 0 Å². The van der Waals surface area contributed by atoms with Gasteiger partial charge in [-0.3, -0.25) is 0 Å². The molecule has 12 nitrogen and oxygen atoms in total. The van der Waals surface area contributed by atoms with Crippen LogP contribution in [0.5, 0.6) is 11.5 Å². The van der Waals surface area contributed by atoms with E-state index in [-0.39, 0.29) is 0 Å². The molecular weight excluding hydrogens is 446 g/mol. The number of aliphatic hydroxyl groups is 2. The van der Waals surface area contributed by atoms with Crippen molar-refractivity contribution in [2.45, 2.75) is 26.4 Å². The third-order valence-corrected chi connectivity index (χ3v) is 2.10. The number of hydrogen-bond donors (Lipinski definition) is 8. The molecule has 172 valence electrons. The van der Waals surface area contributed by atoms with Gasteiger partial charge in [0.05, 0.1) is 0 Å². The number of rotatable bonds is 4. The van der Waals surface area contributed by atoms with Gasteiger partial charge in [-0.15, -0.1) is 0 Å². The lowest BCUT2D eigenvalue weighted by atomic mass is 10.3. The van der Waals surface area contributed by atoms with E-state index < -0.39 is 28.2 Å². The zero-order valence-corrected chi connectivity index (χ0v) is 17.8. The highest BCUT2D eigenvalue weighted by molar-refractivity contribution is 7.45. The number of para-hydroxylation sites is 2. The summed E-state index contributed by atoms with van der Waals surface area (Å²) in [6.07, 6.45) is -1.47. The van der Waals surface area contributed by atoms with Crippen LogP contribution in [0, 0.1) is 0 Å². The van der Waals surface area contributed by atoms with Crippen molar-refractivity contribution in [3.63, 3.8) is 0 Å². The highest BCUT2D eigenvalue weighted by atomic mass is 31.2. The number of aliphatic hydroxyl groups excluding tert-OH is 2. The van der Waals surface area contributed by atoms with Gasteiger partial charge >= 0.3 is 15.6 Å². The average Bonchev–Trinajstić information content (AvgIpc) is 2.53. The Morgan fingerprint density at radius 1 is 0.600 bits per heavy atom. The zero-order chi connectivity index (χ0) is 23.8. The van der Waals surface area contributed by atoms with Crippen LogP contribution in [0.15, 0.2) is 60.7 Å². The molecule has 2 rings (SSSR count). The predicted octanol–water partition coefficient (Wildman–Crippen LogP) is 0.950. The zero-order valence-electron chi connectivity index (χ0n) is 16.0. The lowest BCUT2D eigenvalue weighted by Gasteiger charge is -2.06. The van der Waals surface area contributed by atoms with Crippen LogP contribution in [-0.4, -0.2) is 52.2 Å². The summed E-state index contributed by atoms with van der Waals surface area (Å²) < 4.78 is 27.7. The third kappa shape index (κ3) is 33.7. The van der Waals surface area contributed by atoms with Crippen LogP contribution < -0.4 is 9.47 Å². The number of ether oxygens (including phenoxy) is 2. The number of benzene rings is 2. The molecule has 0 bridgehead atoms. The Morgan fingerprint density at radius 2 is 0.800 bits per heavy atom. The molecule has 0 aliphatic rings. The molecule has 0 aliphatic carbocycles. The van der Waals surface area contributed by atoms with E-state index in [1.807, 2.05) is 36.4 Å². The molecule has 2 atom stereocenters. The van der Waals surface area contributed by atoms with E-state index in [1.165, 1.54) is 0 Å².